The first-order valence-electron chi connectivity index (χ1n) is 17.8. The Bertz CT molecular complexity index is 1530. The summed E-state index contributed by atoms with van der Waals surface area (Å²) in [4.78, 5) is 95.9. The first-order chi connectivity index (χ1) is 24.5. The highest BCUT2D eigenvalue weighted by Gasteiger charge is 2.58. The molecule has 0 aromatic heterocycles. The van der Waals surface area contributed by atoms with E-state index in [1.807, 2.05) is 0 Å². The van der Waals surface area contributed by atoms with E-state index >= 15 is 0 Å². The van der Waals surface area contributed by atoms with Gasteiger partial charge in [-0.3, -0.25) is 28.8 Å². The second-order valence-corrected chi connectivity index (χ2v) is 16.1. The van der Waals surface area contributed by atoms with Crippen molar-refractivity contribution in [3.63, 3.8) is 0 Å². The zero-order valence-corrected chi connectivity index (χ0v) is 32.7. The van der Waals surface area contributed by atoms with Crippen LogP contribution >= 0.6 is 0 Å². The summed E-state index contributed by atoms with van der Waals surface area (Å²) in [5.74, 6) is -5.67. The van der Waals surface area contributed by atoms with Gasteiger partial charge in [-0.05, 0) is 52.0 Å². The maximum atomic E-state index is 14.2. The molecular weight excluding hydrogens is 688 g/mol. The zero-order chi connectivity index (χ0) is 40.1. The van der Waals surface area contributed by atoms with E-state index in [0.717, 1.165) is 0 Å². The van der Waals surface area contributed by atoms with Gasteiger partial charge >= 0.3 is 6.09 Å². The predicted molar refractivity (Wildman–Crippen MR) is 193 cm³/mol. The third-order valence-corrected chi connectivity index (χ3v) is 8.54. The number of ether oxygens (including phenoxy) is 3. The van der Waals surface area contributed by atoms with Crippen LogP contribution in [0.5, 0.6) is 0 Å². The number of hydrogen-bond acceptors (Lipinski definition) is 10. The number of Topliss-reactive ketones (excluding diaryl/α,β-unsaturated/α-hetero) is 1. The van der Waals surface area contributed by atoms with Crippen molar-refractivity contribution in [3.8, 4) is 0 Å². The monoisotopic (exact) mass is 744 g/mol. The molecule has 53 heavy (non-hydrogen) atoms. The van der Waals surface area contributed by atoms with Gasteiger partial charge in [-0.15, -0.1) is 0 Å². The molecule has 2 fully saturated rings. The predicted octanol–water partition coefficient (Wildman–Crippen LogP) is 1.57. The number of benzene rings is 1. The summed E-state index contributed by atoms with van der Waals surface area (Å²) >= 11 is 0. The lowest BCUT2D eigenvalue weighted by Crippen LogP contribution is -2.61. The number of likely N-dealkylation sites (tertiary alicyclic amines) is 1. The Labute approximate surface area is 311 Å². The third-order valence-electron chi connectivity index (χ3n) is 8.54. The molecule has 0 bridgehead atoms. The summed E-state index contributed by atoms with van der Waals surface area (Å²) in [5.41, 5.74) is -1.12. The van der Waals surface area contributed by atoms with Crippen LogP contribution in [-0.2, 0) is 43.0 Å². The topological polar surface area (TPSA) is 202 Å². The Morgan fingerprint density at radius 1 is 0.943 bits per heavy atom. The van der Waals surface area contributed by atoms with Crippen LogP contribution in [-0.4, -0.2) is 120 Å². The van der Waals surface area contributed by atoms with E-state index in [4.69, 9.17) is 14.2 Å². The van der Waals surface area contributed by atoms with Crippen molar-refractivity contribution in [3.05, 3.63) is 35.9 Å². The van der Waals surface area contributed by atoms with Crippen molar-refractivity contribution in [2.75, 3.05) is 27.2 Å². The van der Waals surface area contributed by atoms with Gasteiger partial charge in [-0.1, -0.05) is 64.4 Å². The Kier molecular flexibility index (Phi) is 13.8. The van der Waals surface area contributed by atoms with Crippen molar-refractivity contribution in [2.45, 2.75) is 123 Å². The number of nitrogens with one attached hydrogen (secondary N) is 4. The van der Waals surface area contributed by atoms with Crippen molar-refractivity contribution in [1.29, 1.82) is 0 Å². The number of carbonyl (C=O) groups excluding carboxylic acids is 7. The first kappa shape index (κ1) is 42.8. The molecule has 6 atom stereocenters. The fourth-order valence-electron chi connectivity index (χ4n) is 6.14. The highest BCUT2D eigenvalue weighted by Crippen LogP contribution is 2.38. The van der Waals surface area contributed by atoms with Crippen LogP contribution in [0.15, 0.2) is 30.3 Å². The van der Waals surface area contributed by atoms with Gasteiger partial charge in [-0.25, -0.2) is 4.79 Å². The highest BCUT2D eigenvalue weighted by atomic mass is 16.8. The van der Waals surface area contributed by atoms with E-state index < -0.39 is 101 Å². The van der Waals surface area contributed by atoms with Crippen LogP contribution in [0.1, 0.15) is 86.8 Å². The molecule has 3 rings (SSSR count). The van der Waals surface area contributed by atoms with Crippen molar-refractivity contribution < 1.29 is 47.8 Å². The minimum Gasteiger partial charge on any atom is -0.444 e. The fourth-order valence-corrected chi connectivity index (χ4v) is 6.14. The summed E-state index contributed by atoms with van der Waals surface area (Å²) in [6.45, 7) is 14.8. The average Bonchev–Trinajstić information content (AvgIpc) is 3.54. The van der Waals surface area contributed by atoms with Crippen LogP contribution in [0.4, 0.5) is 4.79 Å². The highest BCUT2D eigenvalue weighted by molar-refractivity contribution is 6.38. The molecule has 1 aromatic carbocycles. The molecule has 2 unspecified atom stereocenters. The van der Waals surface area contributed by atoms with E-state index in [-0.39, 0.29) is 13.0 Å². The second-order valence-electron chi connectivity index (χ2n) is 16.1. The normalized spacial score (nSPS) is 21.0. The molecule has 0 saturated carbocycles. The van der Waals surface area contributed by atoms with Gasteiger partial charge in [-0.2, -0.15) is 0 Å². The van der Waals surface area contributed by atoms with Crippen molar-refractivity contribution in [2.24, 2.45) is 5.41 Å². The van der Waals surface area contributed by atoms with Crippen LogP contribution < -0.4 is 21.3 Å². The molecular formula is C37H56N6O10. The van der Waals surface area contributed by atoms with Gasteiger partial charge in [0.25, 0.3) is 5.91 Å². The lowest BCUT2D eigenvalue weighted by atomic mass is 9.85. The van der Waals surface area contributed by atoms with Gasteiger partial charge in [0.15, 0.2) is 5.79 Å². The molecule has 4 N–H and O–H groups in total. The summed E-state index contributed by atoms with van der Waals surface area (Å²) in [6.07, 6.45) is -1.97. The number of alkyl carbamates (subject to hydrolysis) is 1. The molecule has 2 aliphatic heterocycles. The Morgan fingerprint density at radius 2 is 1.57 bits per heavy atom. The van der Waals surface area contributed by atoms with Crippen molar-refractivity contribution >= 4 is 41.4 Å². The lowest BCUT2D eigenvalue weighted by Gasteiger charge is -2.37. The number of amides is 6. The zero-order valence-electron chi connectivity index (χ0n) is 32.7. The number of rotatable bonds is 13. The summed E-state index contributed by atoms with van der Waals surface area (Å²) < 4.78 is 17.5. The minimum atomic E-state index is -1.31. The molecule has 1 aromatic rings. The van der Waals surface area contributed by atoms with E-state index in [1.54, 1.807) is 107 Å². The molecule has 16 nitrogen and oxygen atoms in total. The number of carbonyl (C=O) groups is 7. The van der Waals surface area contributed by atoms with Gasteiger partial charge in [0, 0.05) is 14.1 Å². The van der Waals surface area contributed by atoms with Gasteiger partial charge in [0.1, 0.15) is 35.9 Å². The van der Waals surface area contributed by atoms with Crippen molar-refractivity contribution in [1.82, 2.24) is 31.1 Å². The van der Waals surface area contributed by atoms with Crippen LogP contribution in [0.2, 0.25) is 0 Å². The standard InChI is InChI=1S/C37H56N6O10/c1-12-16-22(27(45)31(47)38-19-24(44)40-25(32(48)42(10)11)21-17-14-13-15-18-21)39-30(46)26-28-23(51-37(8,9)52-28)20-43(26)33(49)29(35(2,3)4)41-34(50)53-36(5,6)7/h13-15,17-18,22-23,25-26,28-29H,12,16,19-20H2,1-11H3,(H,38,47)(H,39,46)(H,40,44)(H,41,50)/t22?,23-,25?,26-,28-,29+/m0/s1. The van der Waals surface area contributed by atoms with Crippen LogP contribution in [0, 0.1) is 5.41 Å². The molecule has 294 valence electrons. The molecule has 6 amide bonds. The molecule has 16 heteroatoms. The maximum Gasteiger partial charge on any atom is 0.408 e. The molecule has 2 aliphatic rings. The summed E-state index contributed by atoms with van der Waals surface area (Å²) in [7, 11) is 3.09. The maximum absolute atomic E-state index is 14.2. The minimum absolute atomic E-state index is 0.0457. The average molecular weight is 745 g/mol. The number of nitrogens with zero attached hydrogens (tertiary/aromatic N) is 2. The van der Waals surface area contributed by atoms with Gasteiger partial charge in [0.05, 0.1) is 19.1 Å². The number of fused-ring (bicyclic) bond motifs is 1. The molecule has 2 heterocycles. The largest absolute Gasteiger partial charge is 0.444 e. The van der Waals surface area contributed by atoms with Crippen LogP contribution in [0.3, 0.4) is 0 Å². The van der Waals surface area contributed by atoms with E-state index in [1.165, 1.54) is 9.80 Å². The number of likely N-dealkylation sites (N-methyl/N-ethyl adjacent to an activating group) is 1. The Hall–Kier alpha value is -4.57. The fraction of sp³-hybridized carbons (Fsp3) is 0.649. The Morgan fingerprint density at radius 3 is 2.11 bits per heavy atom. The quantitative estimate of drug-likeness (QED) is 0.215. The number of ketones is 1. The molecule has 0 spiro atoms. The first-order valence-corrected chi connectivity index (χ1v) is 17.8. The summed E-state index contributed by atoms with van der Waals surface area (Å²) in [5, 5.41) is 10.2. The number of hydrogen-bond donors (Lipinski definition) is 4. The lowest BCUT2D eigenvalue weighted by molar-refractivity contribution is -0.171. The summed E-state index contributed by atoms with van der Waals surface area (Å²) in [6, 6.07) is 3.81. The molecule has 0 aliphatic carbocycles. The smallest absolute Gasteiger partial charge is 0.408 e. The SMILES string of the molecule is CCCC(NC(=O)[C@@H]1[C@H]2OC(C)(C)O[C@H]2CN1C(=O)[C@@H](NC(=O)OC(C)(C)C)C(C)(C)C)C(=O)C(=O)NCC(=O)NC(C(=O)N(C)C)c1ccccc1. The van der Waals surface area contributed by atoms with E-state index in [2.05, 4.69) is 21.3 Å². The Balaban J connectivity index is 1.78. The van der Waals surface area contributed by atoms with Gasteiger partial charge in [0.2, 0.25) is 29.4 Å². The van der Waals surface area contributed by atoms with Crippen LogP contribution in [0.25, 0.3) is 0 Å². The molecule has 0 radical (unpaired) electrons. The van der Waals surface area contributed by atoms with E-state index in [0.29, 0.717) is 12.0 Å². The second kappa shape index (κ2) is 17.1. The molecule has 2 saturated heterocycles. The van der Waals surface area contributed by atoms with E-state index in [9.17, 15) is 33.6 Å². The van der Waals surface area contributed by atoms with Gasteiger partial charge < -0.3 is 45.3 Å². The third kappa shape index (κ3) is 11.5.